The largest absolute Gasteiger partial charge is 0.392 e. The molecule has 2 rings (SSSR count). The monoisotopic (exact) mass is 297 g/mol. The molecule has 0 aromatic heterocycles. The number of aliphatic hydroxyl groups is 1. The predicted octanol–water partition coefficient (Wildman–Crippen LogP) is 2.34. The summed E-state index contributed by atoms with van der Waals surface area (Å²) in [6.07, 6.45) is 4.57. The maximum absolute atomic E-state index is 12.4. The molecule has 0 radical (unpaired) electrons. The van der Waals surface area contributed by atoms with Crippen molar-refractivity contribution >= 4 is 10.0 Å². The molecule has 4 nitrogen and oxygen atoms in total. The first-order valence-electron chi connectivity index (χ1n) is 7.17. The molecule has 0 spiro atoms. The number of nitrogens with one attached hydrogen (secondary N) is 1. The van der Waals surface area contributed by atoms with Gasteiger partial charge in [-0.1, -0.05) is 18.9 Å². The van der Waals surface area contributed by atoms with Crippen molar-refractivity contribution in [2.24, 2.45) is 5.92 Å². The Kier molecular flexibility index (Phi) is 4.83. The molecule has 1 fully saturated rings. The van der Waals surface area contributed by atoms with Crippen LogP contribution in [0.15, 0.2) is 23.1 Å². The summed E-state index contributed by atoms with van der Waals surface area (Å²) in [5, 5.41) is 9.25. The first-order valence-corrected chi connectivity index (χ1v) is 8.65. The van der Waals surface area contributed by atoms with Gasteiger partial charge in [-0.05, 0) is 55.9 Å². The summed E-state index contributed by atoms with van der Waals surface area (Å²) in [6.45, 7) is 3.65. The molecule has 0 aliphatic heterocycles. The van der Waals surface area contributed by atoms with Crippen LogP contribution in [0.5, 0.6) is 0 Å². The minimum atomic E-state index is -3.51. The van der Waals surface area contributed by atoms with E-state index in [1.54, 1.807) is 18.2 Å². The van der Waals surface area contributed by atoms with Gasteiger partial charge in [-0.15, -0.1) is 0 Å². The Labute approximate surface area is 121 Å². The molecule has 1 unspecified atom stereocenters. The fourth-order valence-corrected chi connectivity index (χ4v) is 4.21. The van der Waals surface area contributed by atoms with Crippen LogP contribution in [0.3, 0.4) is 0 Å². The van der Waals surface area contributed by atoms with Crippen molar-refractivity contribution in [3.63, 3.8) is 0 Å². The van der Waals surface area contributed by atoms with E-state index in [1.165, 1.54) is 12.8 Å². The lowest BCUT2D eigenvalue weighted by molar-refractivity contribution is 0.280. The number of benzene rings is 1. The quantitative estimate of drug-likeness (QED) is 0.876. The molecule has 1 atom stereocenters. The lowest BCUT2D eigenvalue weighted by Gasteiger charge is -2.20. The average molecular weight is 297 g/mol. The highest BCUT2D eigenvalue weighted by Gasteiger charge is 2.26. The molecule has 2 N–H and O–H groups in total. The lowest BCUT2D eigenvalue weighted by atomic mass is 10.0. The van der Waals surface area contributed by atoms with Gasteiger partial charge in [0.15, 0.2) is 0 Å². The molecule has 112 valence electrons. The van der Waals surface area contributed by atoms with Crippen molar-refractivity contribution in [1.82, 2.24) is 4.72 Å². The number of hydrogen-bond acceptors (Lipinski definition) is 3. The van der Waals surface area contributed by atoms with Gasteiger partial charge in [-0.3, -0.25) is 0 Å². The van der Waals surface area contributed by atoms with Crippen molar-refractivity contribution in [3.05, 3.63) is 29.3 Å². The molecule has 1 aliphatic rings. The Morgan fingerprint density at radius 1 is 1.35 bits per heavy atom. The van der Waals surface area contributed by atoms with E-state index < -0.39 is 10.0 Å². The summed E-state index contributed by atoms with van der Waals surface area (Å²) in [7, 11) is -3.51. The van der Waals surface area contributed by atoms with Crippen LogP contribution in [0.25, 0.3) is 0 Å². The van der Waals surface area contributed by atoms with Crippen LogP contribution in [0.4, 0.5) is 0 Å². The smallest absolute Gasteiger partial charge is 0.240 e. The van der Waals surface area contributed by atoms with Crippen LogP contribution in [0.1, 0.15) is 43.7 Å². The molecule has 0 amide bonds. The van der Waals surface area contributed by atoms with Crippen molar-refractivity contribution in [2.75, 3.05) is 0 Å². The van der Waals surface area contributed by atoms with E-state index in [9.17, 15) is 13.5 Å². The normalized spacial score (nSPS) is 18.4. The summed E-state index contributed by atoms with van der Waals surface area (Å²) < 4.78 is 27.5. The fourth-order valence-electron chi connectivity index (χ4n) is 2.85. The summed E-state index contributed by atoms with van der Waals surface area (Å²) in [5.74, 6) is 0.438. The fraction of sp³-hybridized carbons (Fsp3) is 0.600. The van der Waals surface area contributed by atoms with Gasteiger partial charge in [-0.2, -0.15) is 0 Å². The topological polar surface area (TPSA) is 66.4 Å². The third-order valence-corrected chi connectivity index (χ3v) is 5.81. The minimum Gasteiger partial charge on any atom is -0.392 e. The molecular weight excluding hydrogens is 274 g/mol. The molecule has 1 aromatic carbocycles. The maximum Gasteiger partial charge on any atom is 0.240 e. The molecule has 1 aromatic rings. The van der Waals surface area contributed by atoms with Gasteiger partial charge >= 0.3 is 0 Å². The van der Waals surface area contributed by atoms with Gasteiger partial charge in [0.1, 0.15) is 0 Å². The van der Waals surface area contributed by atoms with Crippen molar-refractivity contribution < 1.29 is 13.5 Å². The molecule has 1 saturated carbocycles. The highest BCUT2D eigenvalue weighted by Crippen LogP contribution is 2.28. The third-order valence-electron chi connectivity index (χ3n) is 4.25. The summed E-state index contributed by atoms with van der Waals surface area (Å²) in [4.78, 5) is 0.233. The molecule has 0 saturated heterocycles. The zero-order valence-corrected chi connectivity index (χ0v) is 12.9. The minimum absolute atomic E-state index is 0.0404. The Bertz CT molecular complexity index is 562. The van der Waals surface area contributed by atoms with Gasteiger partial charge in [0.05, 0.1) is 11.5 Å². The van der Waals surface area contributed by atoms with Gasteiger partial charge in [0, 0.05) is 6.04 Å². The standard InChI is InChI=1S/C15H23NO3S/c1-11-7-8-15(9-14(11)10-17)20(18,19)16-12(2)13-5-3-4-6-13/h7-9,12-13,16-17H,3-6,10H2,1-2H3. The number of aliphatic hydroxyl groups excluding tert-OH is 1. The number of sulfonamides is 1. The van der Waals surface area contributed by atoms with Crippen molar-refractivity contribution in [3.8, 4) is 0 Å². The van der Waals surface area contributed by atoms with E-state index in [0.717, 1.165) is 18.4 Å². The maximum atomic E-state index is 12.4. The van der Waals surface area contributed by atoms with E-state index in [0.29, 0.717) is 11.5 Å². The van der Waals surface area contributed by atoms with Crippen LogP contribution in [-0.2, 0) is 16.6 Å². The Morgan fingerprint density at radius 2 is 2.00 bits per heavy atom. The van der Waals surface area contributed by atoms with Gasteiger partial charge < -0.3 is 5.11 Å². The number of hydrogen-bond donors (Lipinski definition) is 2. The van der Waals surface area contributed by atoms with Gasteiger partial charge in [0.2, 0.25) is 10.0 Å². The molecular formula is C15H23NO3S. The Morgan fingerprint density at radius 3 is 2.60 bits per heavy atom. The second kappa shape index (κ2) is 6.24. The van der Waals surface area contributed by atoms with E-state index in [2.05, 4.69) is 4.72 Å². The zero-order chi connectivity index (χ0) is 14.8. The van der Waals surface area contributed by atoms with Gasteiger partial charge in [0.25, 0.3) is 0 Å². The zero-order valence-electron chi connectivity index (χ0n) is 12.1. The SMILES string of the molecule is Cc1ccc(S(=O)(=O)NC(C)C2CCCC2)cc1CO. The van der Waals surface area contributed by atoms with E-state index in [1.807, 2.05) is 13.8 Å². The highest BCUT2D eigenvalue weighted by atomic mass is 32.2. The molecule has 5 heteroatoms. The van der Waals surface area contributed by atoms with Crippen LogP contribution in [0, 0.1) is 12.8 Å². The molecule has 0 bridgehead atoms. The highest BCUT2D eigenvalue weighted by molar-refractivity contribution is 7.89. The second-order valence-corrected chi connectivity index (χ2v) is 7.41. The molecule has 0 heterocycles. The lowest BCUT2D eigenvalue weighted by Crippen LogP contribution is -2.37. The molecule has 1 aliphatic carbocycles. The van der Waals surface area contributed by atoms with Crippen molar-refractivity contribution in [2.45, 2.75) is 57.1 Å². The number of aryl methyl sites for hydroxylation is 1. The van der Waals surface area contributed by atoms with Gasteiger partial charge in [-0.25, -0.2) is 13.1 Å². The van der Waals surface area contributed by atoms with Crippen molar-refractivity contribution in [1.29, 1.82) is 0 Å². The van der Waals surface area contributed by atoms with E-state index in [4.69, 9.17) is 0 Å². The first-order chi connectivity index (χ1) is 9.44. The Balaban J connectivity index is 2.17. The van der Waals surface area contributed by atoms with Crippen LogP contribution in [-0.4, -0.2) is 19.6 Å². The van der Waals surface area contributed by atoms with E-state index in [-0.39, 0.29) is 17.5 Å². The predicted molar refractivity (Wildman–Crippen MR) is 78.8 cm³/mol. The van der Waals surface area contributed by atoms with E-state index >= 15 is 0 Å². The molecule has 20 heavy (non-hydrogen) atoms. The first kappa shape index (κ1) is 15.5. The van der Waals surface area contributed by atoms with Crippen LogP contribution < -0.4 is 4.72 Å². The summed E-state index contributed by atoms with van der Waals surface area (Å²) in [6, 6.07) is 4.85. The number of rotatable bonds is 5. The second-order valence-electron chi connectivity index (χ2n) is 5.70. The van der Waals surface area contributed by atoms with Crippen LogP contribution in [0.2, 0.25) is 0 Å². The average Bonchev–Trinajstić information content (AvgIpc) is 2.92. The third kappa shape index (κ3) is 3.40. The Hall–Kier alpha value is -0.910. The summed E-state index contributed by atoms with van der Waals surface area (Å²) in [5.41, 5.74) is 1.55. The summed E-state index contributed by atoms with van der Waals surface area (Å²) >= 11 is 0. The van der Waals surface area contributed by atoms with Crippen LogP contribution >= 0.6 is 0 Å².